The number of nitrogens with one attached hydrogen (secondary N) is 2. The predicted molar refractivity (Wildman–Crippen MR) is 80.3 cm³/mol. The molecule has 10 heteroatoms. The van der Waals surface area contributed by atoms with Crippen LogP contribution in [0.3, 0.4) is 0 Å². The molecule has 0 atom stereocenters. The van der Waals surface area contributed by atoms with Crippen molar-refractivity contribution in [2.45, 2.75) is 39.1 Å². The maximum Gasteiger partial charge on any atom is 0.336 e. The molecule has 0 aliphatic rings. The molecule has 0 spiro atoms. The quantitative estimate of drug-likeness (QED) is 0.820. The van der Waals surface area contributed by atoms with Crippen LogP contribution in [-0.4, -0.2) is 40.5 Å². The van der Waals surface area contributed by atoms with Gasteiger partial charge in [0.2, 0.25) is 5.95 Å². The van der Waals surface area contributed by atoms with Crippen LogP contribution in [-0.2, 0) is 16.6 Å². The number of rotatable bonds is 6. The summed E-state index contributed by atoms with van der Waals surface area (Å²) in [5.41, 5.74) is 1.03. The number of nitrogens with zero attached hydrogens (tertiary/aromatic N) is 4. The number of H-pyrrole nitrogens is 1. The minimum absolute atomic E-state index is 0.00717. The first-order valence-corrected chi connectivity index (χ1v) is 8.26. The summed E-state index contributed by atoms with van der Waals surface area (Å²) in [6.07, 6.45) is 0. The van der Waals surface area contributed by atoms with Crippen LogP contribution < -0.4 is 9.46 Å². The maximum absolute atomic E-state index is 12.5. The molecule has 2 N–H and O–H groups in total. The second-order valence-corrected chi connectivity index (χ2v) is 6.97. The van der Waals surface area contributed by atoms with Crippen molar-refractivity contribution in [3.63, 3.8) is 0 Å². The Morgan fingerprint density at radius 3 is 2.59 bits per heavy atom. The van der Waals surface area contributed by atoms with Crippen molar-refractivity contribution >= 4 is 16.0 Å². The Labute approximate surface area is 129 Å². The van der Waals surface area contributed by atoms with Crippen molar-refractivity contribution in [2.24, 2.45) is 5.92 Å². The highest BCUT2D eigenvalue weighted by Crippen LogP contribution is 2.22. The number of methoxy groups -OCH3 is 1. The number of aryl methyl sites for hydroxylation is 1. The fourth-order valence-electron chi connectivity index (χ4n) is 2.15. The average molecular weight is 328 g/mol. The zero-order valence-electron chi connectivity index (χ0n) is 13.2. The average Bonchev–Trinajstić information content (AvgIpc) is 2.94. The predicted octanol–water partition coefficient (Wildman–Crippen LogP) is 1.08. The van der Waals surface area contributed by atoms with Gasteiger partial charge < -0.3 is 4.74 Å². The number of ether oxygens (including phenoxy) is 1. The molecule has 122 valence electrons. The Kier molecular flexibility index (Phi) is 4.40. The smallest absolute Gasteiger partial charge is 0.336 e. The van der Waals surface area contributed by atoms with E-state index in [4.69, 9.17) is 4.74 Å². The van der Waals surface area contributed by atoms with Gasteiger partial charge in [0.1, 0.15) is 4.90 Å². The standard InChI is InChI=1S/C12H20N6O3S/c1-7(2)6-18-9(4)10(8(3)16-18)22(19,20)17-11-13-12(21-5)15-14-11/h7H,6H2,1-5H3,(H2,13,14,15,17). The minimum Gasteiger partial charge on any atom is -0.466 e. The van der Waals surface area contributed by atoms with E-state index in [0.29, 0.717) is 23.9 Å². The van der Waals surface area contributed by atoms with E-state index in [0.717, 1.165) is 0 Å². The van der Waals surface area contributed by atoms with Crippen molar-refractivity contribution in [1.82, 2.24) is 25.0 Å². The van der Waals surface area contributed by atoms with Gasteiger partial charge in [-0.15, -0.1) is 5.10 Å². The zero-order chi connectivity index (χ0) is 16.5. The second kappa shape index (κ2) is 5.95. The lowest BCUT2D eigenvalue weighted by atomic mass is 10.2. The molecule has 2 aromatic rings. The van der Waals surface area contributed by atoms with Crippen LogP contribution in [0.25, 0.3) is 0 Å². The van der Waals surface area contributed by atoms with E-state index in [1.165, 1.54) is 7.11 Å². The monoisotopic (exact) mass is 328 g/mol. The molecular weight excluding hydrogens is 308 g/mol. The first kappa shape index (κ1) is 16.3. The molecule has 0 aliphatic heterocycles. The van der Waals surface area contributed by atoms with Crippen LogP contribution in [0.1, 0.15) is 25.2 Å². The first-order valence-electron chi connectivity index (χ1n) is 6.77. The van der Waals surface area contributed by atoms with E-state index in [-0.39, 0.29) is 16.9 Å². The van der Waals surface area contributed by atoms with E-state index >= 15 is 0 Å². The third kappa shape index (κ3) is 3.21. The lowest BCUT2D eigenvalue weighted by Crippen LogP contribution is -2.16. The fraction of sp³-hybridized carbons (Fsp3) is 0.583. The minimum atomic E-state index is -3.81. The van der Waals surface area contributed by atoms with Crippen LogP contribution in [0.2, 0.25) is 0 Å². The maximum atomic E-state index is 12.5. The number of hydrogen-bond acceptors (Lipinski definition) is 6. The van der Waals surface area contributed by atoms with E-state index in [1.807, 2.05) is 13.8 Å². The summed E-state index contributed by atoms with van der Waals surface area (Å²) in [6.45, 7) is 8.14. The van der Waals surface area contributed by atoms with Gasteiger partial charge in [-0.2, -0.15) is 10.1 Å². The number of hydrogen-bond donors (Lipinski definition) is 2. The van der Waals surface area contributed by atoms with Gasteiger partial charge in [-0.1, -0.05) is 13.8 Å². The number of aromatic nitrogens is 5. The Bertz CT molecular complexity index is 762. The van der Waals surface area contributed by atoms with Gasteiger partial charge in [-0.3, -0.25) is 4.68 Å². The zero-order valence-corrected chi connectivity index (χ0v) is 14.0. The largest absolute Gasteiger partial charge is 0.466 e. The highest BCUT2D eigenvalue weighted by atomic mass is 32.2. The summed E-state index contributed by atoms with van der Waals surface area (Å²) >= 11 is 0. The molecule has 22 heavy (non-hydrogen) atoms. The topological polar surface area (TPSA) is 115 Å². The molecule has 0 bridgehead atoms. The van der Waals surface area contributed by atoms with E-state index in [1.54, 1.807) is 18.5 Å². The third-order valence-corrected chi connectivity index (χ3v) is 4.59. The first-order chi connectivity index (χ1) is 10.2. The molecule has 0 amide bonds. The summed E-state index contributed by atoms with van der Waals surface area (Å²) in [5.74, 6) is 0.354. The Morgan fingerprint density at radius 2 is 2.05 bits per heavy atom. The Balaban J connectivity index is 2.35. The molecule has 2 aromatic heterocycles. The highest BCUT2D eigenvalue weighted by molar-refractivity contribution is 7.92. The fourth-order valence-corrected chi connectivity index (χ4v) is 3.53. The third-order valence-electron chi connectivity index (χ3n) is 3.00. The number of anilines is 1. The molecule has 2 heterocycles. The van der Waals surface area contributed by atoms with Gasteiger partial charge in [-0.05, 0) is 19.8 Å². The molecule has 0 fully saturated rings. The van der Waals surface area contributed by atoms with Crippen molar-refractivity contribution in [1.29, 1.82) is 0 Å². The molecule has 0 saturated heterocycles. The van der Waals surface area contributed by atoms with Crippen LogP contribution in [0, 0.1) is 19.8 Å². The van der Waals surface area contributed by atoms with Crippen LogP contribution in [0.5, 0.6) is 6.01 Å². The summed E-state index contributed by atoms with van der Waals surface area (Å²) in [4.78, 5) is 4.00. The highest BCUT2D eigenvalue weighted by Gasteiger charge is 2.26. The molecule has 0 unspecified atom stereocenters. The van der Waals surface area contributed by atoms with Gasteiger partial charge in [-0.25, -0.2) is 18.2 Å². The molecule has 2 rings (SSSR count). The van der Waals surface area contributed by atoms with Crippen molar-refractivity contribution < 1.29 is 13.2 Å². The SMILES string of the molecule is COc1n[nH]c(NS(=O)(=O)c2c(C)nn(CC(C)C)c2C)n1. The normalized spacial score (nSPS) is 11.9. The number of sulfonamides is 1. The molecule has 0 aliphatic carbocycles. The summed E-state index contributed by atoms with van der Waals surface area (Å²) < 4.78 is 34.0. The van der Waals surface area contributed by atoms with Gasteiger partial charge in [0, 0.05) is 6.54 Å². The second-order valence-electron chi connectivity index (χ2n) is 5.35. The van der Waals surface area contributed by atoms with Crippen LogP contribution >= 0.6 is 0 Å². The summed E-state index contributed by atoms with van der Waals surface area (Å²) in [6, 6.07) is 0.0571. The molecule has 9 nitrogen and oxygen atoms in total. The molecule has 0 aromatic carbocycles. The van der Waals surface area contributed by atoms with Gasteiger partial charge in [0.25, 0.3) is 10.0 Å². The van der Waals surface area contributed by atoms with Crippen molar-refractivity contribution in [3.05, 3.63) is 11.4 Å². The van der Waals surface area contributed by atoms with E-state index < -0.39 is 10.0 Å². The van der Waals surface area contributed by atoms with Gasteiger partial charge in [0.15, 0.2) is 0 Å². The van der Waals surface area contributed by atoms with Crippen molar-refractivity contribution in [3.8, 4) is 6.01 Å². The molecule has 0 saturated carbocycles. The lowest BCUT2D eigenvalue weighted by Gasteiger charge is -2.08. The van der Waals surface area contributed by atoms with Crippen LogP contribution in [0.4, 0.5) is 5.95 Å². The molecular formula is C12H20N6O3S. The van der Waals surface area contributed by atoms with E-state index in [2.05, 4.69) is 25.0 Å². The van der Waals surface area contributed by atoms with Gasteiger partial charge in [0.05, 0.1) is 18.5 Å². The van der Waals surface area contributed by atoms with Crippen molar-refractivity contribution in [2.75, 3.05) is 11.8 Å². The summed E-state index contributed by atoms with van der Waals surface area (Å²) in [5, 5.41) is 10.5. The lowest BCUT2D eigenvalue weighted by molar-refractivity contribution is 0.382. The van der Waals surface area contributed by atoms with Crippen LogP contribution in [0.15, 0.2) is 4.90 Å². The van der Waals surface area contributed by atoms with E-state index in [9.17, 15) is 8.42 Å². The Morgan fingerprint density at radius 1 is 1.36 bits per heavy atom. The summed E-state index contributed by atoms with van der Waals surface area (Å²) in [7, 11) is -2.41. The Hall–Kier alpha value is -2.10. The van der Waals surface area contributed by atoms with Gasteiger partial charge >= 0.3 is 6.01 Å². The number of aromatic amines is 1. The molecule has 0 radical (unpaired) electrons.